The smallest absolute Gasteiger partial charge is 0.371 e. The number of thiocarbonyl (C=S) groups is 1. The maximum atomic E-state index is 11.4. The van der Waals surface area contributed by atoms with E-state index in [9.17, 15) is 13.2 Å². The van der Waals surface area contributed by atoms with Crippen molar-refractivity contribution in [2.24, 2.45) is 5.73 Å². The van der Waals surface area contributed by atoms with Crippen molar-refractivity contribution >= 4 is 33.0 Å². The van der Waals surface area contributed by atoms with Gasteiger partial charge in [-0.25, -0.2) is 13.2 Å². The number of rotatable bonds is 5. The highest BCUT2D eigenvalue weighted by Crippen LogP contribution is 2.11. The molecule has 0 saturated heterocycles. The van der Waals surface area contributed by atoms with Crippen LogP contribution in [0.4, 0.5) is 0 Å². The highest BCUT2D eigenvalue weighted by molar-refractivity contribution is 7.93. The first-order valence-electron chi connectivity index (χ1n) is 4.11. The van der Waals surface area contributed by atoms with Gasteiger partial charge in [0.2, 0.25) is 5.76 Å². The van der Waals surface area contributed by atoms with Crippen molar-refractivity contribution in [2.75, 3.05) is 5.75 Å². The molecule has 0 radical (unpaired) electrons. The van der Waals surface area contributed by atoms with Crippen LogP contribution in [-0.2, 0) is 15.6 Å². The topological polar surface area (TPSA) is 111 Å². The van der Waals surface area contributed by atoms with Crippen molar-refractivity contribution in [3.8, 4) is 0 Å². The number of carboxylic acid groups (broad SMARTS) is 1. The fraction of sp³-hybridized carbons (Fsp3) is 0.250. The zero-order valence-corrected chi connectivity index (χ0v) is 9.68. The molecule has 0 aromatic carbocycles. The van der Waals surface area contributed by atoms with Gasteiger partial charge in [0.1, 0.15) is 17.3 Å². The largest absolute Gasteiger partial charge is 0.475 e. The molecule has 0 fully saturated rings. The first-order chi connectivity index (χ1) is 7.30. The van der Waals surface area contributed by atoms with E-state index in [0.717, 1.165) is 0 Å². The molecule has 0 aliphatic carbocycles. The highest BCUT2D eigenvalue weighted by atomic mass is 32.2. The quantitative estimate of drug-likeness (QED) is 0.729. The molecular weight excluding hydrogens is 254 g/mol. The first kappa shape index (κ1) is 12.7. The molecule has 0 spiro atoms. The maximum absolute atomic E-state index is 11.4. The zero-order chi connectivity index (χ0) is 12.3. The van der Waals surface area contributed by atoms with Crippen LogP contribution in [-0.4, -0.2) is 30.2 Å². The maximum Gasteiger partial charge on any atom is 0.371 e. The predicted octanol–water partition coefficient (Wildman–Crippen LogP) is 0.179. The van der Waals surface area contributed by atoms with Crippen molar-refractivity contribution in [3.63, 3.8) is 0 Å². The summed E-state index contributed by atoms with van der Waals surface area (Å²) in [4.78, 5) is 10.3. The Morgan fingerprint density at radius 1 is 1.50 bits per heavy atom. The number of hydrogen-bond acceptors (Lipinski definition) is 5. The Labute approximate surface area is 97.0 Å². The fourth-order valence-corrected chi connectivity index (χ4v) is 2.72. The molecule has 1 heterocycles. The lowest BCUT2D eigenvalue weighted by Crippen LogP contribution is -2.22. The minimum atomic E-state index is -3.50. The summed E-state index contributed by atoms with van der Waals surface area (Å²) in [6.07, 6.45) is 0. The van der Waals surface area contributed by atoms with Crippen LogP contribution < -0.4 is 5.73 Å². The number of hydrogen-bond donors (Lipinski definition) is 2. The SMILES string of the molecule is NC(=S)CS(=O)(=O)Cc1ccc(C(=O)O)o1. The van der Waals surface area contributed by atoms with Crippen LogP contribution in [0.3, 0.4) is 0 Å². The van der Waals surface area contributed by atoms with Crippen LogP contribution in [0.25, 0.3) is 0 Å². The van der Waals surface area contributed by atoms with E-state index in [1.807, 2.05) is 0 Å². The Kier molecular flexibility index (Phi) is 3.66. The number of carbonyl (C=O) groups is 1. The normalized spacial score (nSPS) is 11.2. The van der Waals surface area contributed by atoms with Gasteiger partial charge in [0, 0.05) is 0 Å². The van der Waals surface area contributed by atoms with Gasteiger partial charge < -0.3 is 15.3 Å². The Morgan fingerprint density at radius 2 is 2.12 bits per heavy atom. The second kappa shape index (κ2) is 4.62. The molecule has 16 heavy (non-hydrogen) atoms. The summed E-state index contributed by atoms with van der Waals surface area (Å²) in [7, 11) is -3.50. The van der Waals surface area contributed by atoms with E-state index >= 15 is 0 Å². The number of sulfone groups is 1. The van der Waals surface area contributed by atoms with Gasteiger partial charge in [-0.3, -0.25) is 0 Å². The summed E-state index contributed by atoms with van der Waals surface area (Å²) >= 11 is 4.48. The van der Waals surface area contributed by atoms with Gasteiger partial charge in [-0.05, 0) is 12.1 Å². The van der Waals surface area contributed by atoms with E-state index in [1.165, 1.54) is 12.1 Å². The fourth-order valence-electron chi connectivity index (χ4n) is 1.05. The van der Waals surface area contributed by atoms with Crippen LogP contribution in [0.5, 0.6) is 0 Å². The summed E-state index contributed by atoms with van der Waals surface area (Å²) in [6, 6.07) is 2.48. The van der Waals surface area contributed by atoms with Gasteiger partial charge in [-0.1, -0.05) is 12.2 Å². The lowest BCUT2D eigenvalue weighted by atomic mass is 10.4. The molecule has 88 valence electrons. The van der Waals surface area contributed by atoms with Gasteiger partial charge in [-0.15, -0.1) is 0 Å². The third kappa shape index (κ3) is 3.63. The van der Waals surface area contributed by atoms with E-state index in [-0.39, 0.29) is 16.5 Å². The van der Waals surface area contributed by atoms with Crippen molar-refractivity contribution in [1.82, 2.24) is 0 Å². The minimum Gasteiger partial charge on any atom is -0.475 e. The van der Waals surface area contributed by atoms with E-state index in [4.69, 9.17) is 15.3 Å². The standard InChI is InChI=1S/C8H9NO5S2/c9-7(15)4-16(12,13)3-5-1-2-6(14-5)8(10)11/h1-2H,3-4H2,(H2,9,15)(H,10,11). The molecule has 0 saturated carbocycles. The molecule has 8 heteroatoms. The number of aromatic carboxylic acids is 1. The summed E-state index contributed by atoms with van der Waals surface area (Å²) in [6.45, 7) is 0. The molecule has 6 nitrogen and oxygen atoms in total. The Balaban J connectivity index is 2.80. The van der Waals surface area contributed by atoms with Gasteiger partial charge in [0.05, 0.1) is 4.99 Å². The first-order valence-corrected chi connectivity index (χ1v) is 6.34. The molecule has 1 aromatic rings. The molecule has 0 atom stereocenters. The average molecular weight is 263 g/mol. The number of nitrogens with two attached hydrogens (primary N) is 1. The van der Waals surface area contributed by atoms with Crippen LogP contribution in [0.2, 0.25) is 0 Å². The van der Waals surface area contributed by atoms with E-state index in [2.05, 4.69) is 12.2 Å². The summed E-state index contributed by atoms with van der Waals surface area (Å²) < 4.78 is 27.6. The van der Waals surface area contributed by atoms with Crippen molar-refractivity contribution < 1.29 is 22.7 Å². The van der Waals surface area contributed by atoms with Crippen LogP contribution in [0.1, 0.15) is 16.3 Å². The van der Waals surface area contributed by atoms with E-state index in [1.54, 1.807) is 0 Å². The monoisotopic (exact) mass is 263 g/mol. The summed E-state index contributed by atoms with van der Waals surface area (Å²) in [5, 5.41) is 8.56. The molecule has 0 unspecified atom stereocenters. The third-order valence-electron chi connectivity index (χ3n) is 1.60. The lowest BCUT2D eigenvalue weighted by Gasteiger charge is -1.99. The number of carboxylic acids is 1. The van der Waals surface area contributed by atoms with Crippen LogP contribution in [0, 0.1) is 0 Å². The van der Waals surface area contributed by atoms with Crippen molar-refractivity contribution in [2.45, 2.75) is 5.75 Å². The molecule has 1 rings (SSSR count). The van der Waals surface area contributed by atoms with Gasteiger partial charge in [0.15, 0.2) is 9.84 Å². The molecule has 3 N–H and O–H groups in total. The van der Waals surface area contributed by atoms with Gasteiger partial charge in [-0.2, -0.15) is 0 Å². The third-order valence-corrected chi connectivity index (χ3v) is 3.40. The molecular formula is C8H9NO5S2. The lowest BCUT2D eigenvalue weighted by molar-refractivity contribution is 0.0660. The minimum absolute atomic E-state index is 0.0497. The van der Waals surface area contributed by atoms with E-state index < -0.39 is 27.3 Å². The molecule has 0 amide bonds. The van der Waals surface area contributed by atoms with Crippen molar-refractivity contribution in [1.29, 1.82) is 0 Å². The molecule has 1 aromatic heterocycles. The Morgan fingerprint density at radius 3 is 2.56 bits per heavy atom. The zero-order valence-electron chi connectivity index (χ0n) is 8.04. The van der Waals surface area contributed by atoms with E-state index in [0.29, 0.717) is 0 Å². The predicted molar refractivity (Wildman–Crippen MR) is 59.9 cm³/mol. The summed E-state index contributed by atoms with van der Waals surface area (Å²) in [5.41, 5.74) is 5.11. The number of furan rings is 1. The van der Waals surface area contributed by atoms with Gasteiger partial charge >= 0.3 is 5.97 Å². The average Bonchev–Trinajstić information content (AvgIpc) is 2.48. The van der Waals surface area contributed by atoms with Gasteiger partial charge in [0.25, 0.3) is 0 Å². The van der Waals surface area contributed by atoms with Crippen LogP contribution in [0.15, 0.2) is 16.5 Å². The van der Waals surface area contributed by atoms with Crippen LogP contribution >= 0.6 is 12.2 Å². The molecule has 0 aliphatic rings. The highest BCUT2D eigenvalue weighted by Gasteiger charge is 2.17. The van der Waals surface area contributed by atoms with Crippen molar-refractivity contribution in [3.05, 3.63) is 23.7 Å². The molecule has 0 bridgehead atoms. The Hall–Kier alpha value is -1.41. The molecule has 0 aliphatic heterocycles. The second-order valence-electron chi connectivity index (χ2n) is 3.07. The summed E-state index contributed by atoms with van der Waals surface area (Å²) in [5.74, 6) is -2.35. The second-order valence-corrected chi connectivity index (χ2v) is 5.66. The Bertz CT molecular complexity index is 516.